The molecule has 0 spiro atoms. The molecular weight excluding hydrogens is 296 g/mol. The number of likely N-dealkylation sites (N-methyl/N-ethyl adjacent to an activating group) is 1. The Morgan fingerprint density at radius 1 is 1.13 bits per heavy atom. The average Bonchev–Trinajstić information content (AvgIpc) is 2.55. The predicted octanol–water partition coefficient (Wildman–Crippen LogP) is 1.55. The second-order valence-electron chi connectivity index (χ2n) is 4.76. The van der Waals surface area contributed by atoms with Gasteiger partial charge in [0.1, 0.15) is 11.4 Å². The lowest BCUT2D eigenvalue weighted by molar-refractivity contribution is -0.122. The molecule has 7 heteroatoms. The van der Waals surface area contributed by atoms with Gasteiger partial charge in [-0.05, 0) is 38.1 Å². The monoisotopic (exact) mass is 314 g/mol. The van der Waals surface area contributed by atoms with Gasteiger partial charge in [0.25, 0.3) is 11.8 Å². The van der Waals surface area contributed by atoms with E-state index < -0.39 is 0 Å². The summed E-state index contributed by atoms with van der Waals surface area (Å²) in [6, 6.07) is 6.73. The van der Waals surface area contributed by atoms with Gasteiger partial charge in [-0.2, -0.15) is 0 Å². The molecule has 0 aliphatic carbocycles. The molecule has 0 unspecified atom stereocenters. The molecular formula is C16H18N4O3. The minimum atomic E-state index is -0.339. The fourth-order valence-electron chi connectivity index (χ4n) is 1.74. The van der Waals surface area contributed by atoms with Gasteiger partial charge in [-0.1, -0.05) is 0 Å². The van der Waals surface area contributed by atoms with Gasteiger partial charge in [0.05, 0.1) is 11.9 Å². The van der Waals surface area contributed by atoms with Crippen LogP contribution in [0.5, 0.6) is 5.75 Å². The smallest absolute Gasteiger partial charge is 0.275 e. The fraction of sp³-hybridized carbons (Fsp3) is 0.250. The molecule has 2 aromatic rings. The maximum atomic E-state index is 12.0. The van der Waals surface area contributed by atoms with E-state index in [-0.39, 0.29) is 24.1 Å². The molecule has 1 aromatic carbocycles. The summed E-state index contributed by atoms with van der Waals surface area (Å²) < 4.78 is 5.33. The van der Waals surface area contributed by atoms with Crippen molar-refractivity contribution in [3.8, 4) is 5.75 Å². The lowest BCUT2D eigenvalue weighted by Gasteiger charge is -2.08. The van der Waals surface area contributed by atoms with Crippen molar-refractivity contribution in [2.45, 2.75) is 13.8 Å². The van der Waals surface area contributed by atoms with Crippen LogP contribution in [-0.2, 0) is 4.79 Å². The lowest BCUT2D eigenvalue weighted by Crippen LogP contribution is -2.28. The van der Waals surface area contributed by atoms with Crippen molar-refractivity contribution in [1.29, 1.82) is 0 Å². The van der Waals surface area contributed by atoms with Crippen LogP contribution in [0.1, 0.15) is 23.1 Å². The zero-order valence-corrected chi connectivity index (χ0v) is 13.0. The number of aromatic nitrogens is 2. The number of carbonyl (C=O) groups excluding carboxylic acids is 2. The van der Waals surface area contributed by atoms with E-state index in [9.17, 15) is 9.59 Å². The summed E-state index contributed by atoms with van der Waals surface area (Å²) >= 11 is 0. The molecule has 0 aliphatic heterocycles. The van der Waals surface area contributed by atoms with Gasteiger partial charge < -0.3 is 15.4 Å². The lowest BCUT2D eigenvalue weighted by atomic mass is 10.3. The third kappa shape index (κ3) is 5.06. The van der Waals surface area contributed by atoms with Crippen LogP contribution >= 0.6 is 0 Å². The Bertz CT molecular complexity index is 669. The first-order valence-corrected chi connectivity index (χ1v) is 7.18. The fourth-order valence-corrected chi connectivity index (χ4v) is 1.74. The van der Waals surface area contributed by atoms with Gasteiger partial charge in [-0.15, -0.1) is 0 Å². The number of aryl methyl sites for hydroxylation is 1. The molecule has 0 aliphatic rings. The maximum Gasteiger partial charge on any atom is 0.275 e. The number of hydrogen-bond acceptors (Lipinski definition) is 5. The van der Waals surface area contributed by atoms with Crippen molar-refractivity contribution in [2.24, 2.45) is 0 Å². The Balaban J connectivity index is 1.90. The Morgan fingerprint density at radius 3 is 2.48 bits per heavy atom. The van der Waals surface area contributed by atoms with Gasteiger partial charge in [0.15, 0.2) is 6.61 Å². The van der Waals surface area contributed by atoms with Crippen LogP contribution in [0.2, 0.25) is 0 Å². The number of rotatable bonds is 6. The number of benzene rings is 1. The summed E-state index contributed by atoms with van der Waals surface area (Å²) in [7, 11) is 0. The van der Waals surface area contributed by atoms with Crippen LogP contribution in [0.4, 0.5) is 5.69 Å². The van der Waals surface area contributed by atoms with Crippen LogP contribution in [-0.4, -0.2) is 34.9 Å². The number of hydrogen-bond donors (Lipinski definition) is 2. The molecule has 0 atom stereocenters. The van der Waals surface area contributed by atoms with E-state index in [0.717, 1.165) is 5.69 Å². The van der Waals surface area contributed by atoms with E-state index in [1.54, 1.807) is 31.2 Å². The summed E-state index contributed by atoms with van der Waals surface area (Å²) in [6.07, 6.45) is 2.96. The van der Waals surface area contributed by atoms with Crippen molar-refractivity contribution in [3.05, 3.63) is 48.0 Å². The van der Waals surface area contributed by atoms with Crippen LogP contribution < -0.4 is 15.4 Å². The number of nitrogens with one attached hydrogen (secondary N) is 2. The Labute approximate surface area is 134 Å². The van der Waals surface area contributed by atoms with Gasteiger partial charge in [0.2, 0.25) is 0 Å². The zero-order valence-electron chi connectivity index (χ0n) is 13.0. The number of anilines is 1. The van der Waals surface area contributed by atoms with Gasteiger partial charge in [-0.25, -0.2) is 4.98 Å². The van der Waals surface area contributed by atoms with Crippen LogP contribution in [0, 0.1) is 6.92 Å². The van der Waals surface area contributed by atoms with Crippen molar-refractivity contribution in [2.75, 3.05) is 18.5 Å². The molecule has 1 aromatic heterocycles. The summed E-state index contributed by atoms with van der Waals surface area (Å²) in [5, 5.41) is 5.36. The van der Waals surface area contributed by atoms with Crippen molar-refractivity contribution >= 4 is 17.5 Å². The second kappa shape index (κ2) is 7.88. The van der Waals surface area contributed by atoms with Crippen LogP contribution in [0.3, 0.4) is 0 Å². The third-order valence-corrected chi connectivity index (χ3v) is 2.87. The molecule has 2 rings (SSSR count). The van der Waals surface area contributed by atoms with Gasteiger partial charge in [0, 0.05) is 18.4 Å². The molecule has 0 fully saturated rings. The Hall–Kier alpha value is -2.96. The molecule has 23 heavy (non-hydrogen) atoms. The van der Waals surface area contributed by atoms with E-state index in [1.165, 1.54) is 12.4 Å². The van der Waals surface area contributed by atoms with Crippen molar-refractivity contribution in [1.82, 2.24) is 15.3 Å². The highest BCUT2D eigenvalue weighted by Gasteiger charge is 2.08. The van der Waals surface area contributed by atoms with Crippen LogP contribution in [0.25, 0.3) is 0 Å². The maximum absolute atomic E-state index is 12.0. The van der Waals surface area contributed by atoms with E-state index in [4.69, 9.17) is 4.74 Å². The summed E-state index contributed by atoms with van der Waals surface area (Å²) in [6.45, 7) is 4.16. The van der Waals surface area contributed by atoms with E-state index in [0.29, 0.717) is 18.0 Å². The van der Waals surface area contributed by atoms with E-state index in [2.05, 4.69) is 20.6 Å². The molecule has 7 nitrogen and oxygen atoms in total. The van der Waals surface area contributed by atoms with Crippen LogP contribution in [0.15, 0.2) is 36.7 Å². The number of nitrogens with zero attached hydrogens (tertiary/aromatic N) is 2. The molecule has 0 radical (unpaired) electrons. The molecule has 1 heterocycles. The average molecular weight is 314 g/mol. The topological polar surface area (TPSA) is 93.2 Å². The molecule has 2 N–H and O–H groups in total. The van der Waals surface area contributed by atoms with E-state index >= 15 is 0 Å². The SMILES string of the molecule is CCNC(=O)COc1ccc(NC(=O)c2cnc(C)cn2)cc1. The highest BCUT2D eigenvalue weighted by atomic mass is 16.5. The second-order valence-corrected chi connectivity index (χ2v) is 4.76. The standard InChI is InChI=1S/C16H18N4O3/c1-3-17-15(21)10-23-13-6-4-12(5-7-13)20-16(22)14-9-18-11(2)8-19-14/h4-9H,3,10H2,1-2H3,(H,17,21)(H,20,22). The minimum absolute atomic E-state index is 0.0432. The van der Waals surface area contributed by atoms with Crippen molar-refractivity contribution < 1.29 is 14.3 Å². The third-order valence-electron chi connectivity index (χ3n) is 2.87. The zero-order chi connectivity index (χ0) is 16.7. The number of amides is 2. The number of carbonyl (C=O) groups is 2. The first-order valence-electron chi connectivity index (χ1n) is 7.18. The first-order chi connectivity index (χ1) is 11.1. The van der Waals surface area contributed by atoms with E-state index in [1.807, 2.05) is 6.92 Å². The molecule has 0 bridgehead atoms. The predicted molar refractivity (Wildman–Crippen MR) is 85.3 cm³/mol. The molecule has 2 amide bonds. The summed E-state index contributed by atoms with van der Waals surface area (Å²) in [5.74, 6) is 0.0284. The highest BCUT2D eigenvalue weighted by Crippen LogP contribution is 2.16. The minimum Gasteiger partial charge on any atom is -0.484 e. The first kappa shape index (κ1) is 16.4. The Kier molecular flexibility index (Phi) is 5.62. The van der Waals surface area contributed by atoms with Gasteiger partial charge in [-0.3, -0.25) is 14.6 Å². The summed E-state index contributed by atoms with van der Waals surface area (Å²) in [4.78, 5) is 31.3. The highest BCUT2D eigenvalue weighted by molar-refractivity contribution is 6.02. The van der Waals surface area contributed by atoms with Gasteiger partial charge >= 0.3 is 0 Å². The van der Waals surface area contributed by atoms with Crippen molar-refractivity contribution in [3.63, 3.8) is 0 Å². The molecule has 0 saturated heterocycles. The molecule has 120 valence electrons. The summed E-state index contributed by atoms with van der Waals surface area (Å²) in [5.41, 5.74) is 1.59. The quantitative estimate of drug-likeness (QED) is 0.844. The number of ether oxygens (including phenoxy) is 1. The normalized spacial score (nSPS) is 10.0. The molecule has 0 saturated carbocycles. The Morgan fingerprint density at radius 2 is 1.87 bits per heavy atom. The largest absolute Gasteiger partial charge is 0.484 e.